The minimum Gasteiger partial charge on any atom is -0.497 e. The zero-order valence-electron chi connectivity index (χ0n) is 12.5. The van der Waals surface area contributed by atoms with E-state index < -0.39 is 5.60 Å². The van der Waals surface area contributed by atoms with Gasteiger partial charge >= 0.3 is 0 Å². The van der Waals surface area contributed by atoms with Crippen LogP contribution in [0.5, 0.6) is 11.5 Å². The highest BCUT2D eigenvalue weighted by atomic mass is 79.9. The summed E-state index contributed by atoms with van der Waals surface area (Å²) in [4.78, 5) is 0. The summed E-state index contributed by atoms with van der Waals surface area (Å²) < 4.78 is 10.3. The van der Waals surface area contributed by atoms with Crippen molar-refractivity contribution < 1.29 is 14.6 Å². The average Bonchev–Trinajstić information content (AvgIpc) is 2.59. The van der Waals surface area contributed by atoms with Crippen molar-refractivity contribution in [2.45, 2.75) is 5.60 Å². The lowest BCUT2D eigenvalue weighted by molar-refractivity contribution is 0.145. The molecule has 4 heteroatoms. The molecule has 114 valence electrons. The standard InChI is InChI=1S/C18H17BrO3/c1-21-16-8-4-14(5-9-16)18(20,12-3-13-19)15-6-10-17(22-2)11-7-15/h4-11,20H,13H2,1-2H3. The van der Waals surface area contributed by atoms with Crippen LogP contribution < -0.4 is 9.47 Å². The van der Waals surface area contributed by atoms with Crippen molar-refractivity contribution in [2.75, 3.05) is 19.5 Å². The first-order valence-electron chi connectivity index (χ1n) is 6.71. The van der Waals surface area contributed by atoms with E-state index in [9.17, 15) is 5.11 Å². The fourth-order valence-corrected chi connectivity index (χ4v) is 2.28. The topological polar surface area (TPSA) is 38.7 Å². The van der Waals surface area contributed by atoms with Crippen molar-refractivity contribution in [2.24, 2.45) is 0 Å². The van der Waals surface area contributed by atoms with Crippen molar-refractivity contribution in [1.29, 1.82) is 0 Å². The third-order valence-electron chi connectivity index (χ3n) is 3.35. The van der Waals surface area contributed by atoms with E-state index >= 15 is 0 Å². The van der Waals surface area contributed by atoms with Gasteiger partial charge < -0.3 is 14.6 Å². The molecule has 0 spiro atoms. The maximum Gasteiger partial charge on any atom is 0.176 e. The summed E-state index contributed by atoms with van der Waals surface area (Å²) in [5.74, 6) is 7.29. The Balaban J connectivity index is 2.49. The molecule has 0 bridgehead atoms. The van der Waals surface area contributed by atoms with E-state index in [1.54, 1.807) is 38.5 Å². The molecular formula is C18H17BrO3. The number of halogens is 1. The van der Waals surface area contributed by atoms with Crippen LogP contribution in [0.1, 0.15) is 11.1 Å². The Morgan fingerprint density at radius 2 is 1.32 bits per heavy atom. The molecule has 0 aliphatic carbocycles. The highest BCUT2D eigenvalue weighted by Crippen LogP contribution is 2.31. The molecule has 2 aromatic carbocycles. The first-order chi connectivity index (χ1) is 10.6. The monoisotopic (exact) mass is 360 g/mol. The predicted octanol–water partition coefficient (Wildman–Crippen LogP) is 3.34. The van der Waals surface area contributed by atoms with Crippen LogP contribution >= 0.6 is 15.9 Å². The summed E-state index contributed by atoms with van der Waals surface area (Å²) in [5, 5.41) is 11.6. The maximum absolute atomic E-state index is 11.1. The lowest BCUT2D eigenvalue weighted by Crippen LogP contribution is -2.25. The first-order valence-corrected chi connectivity index (χ1v) is 7.83. The van der Waals surface area contributed by atoms with Gasteiger partial charge in [-0.1, -0.05) is 52.0 Å². The molecule has 0 saturated carbocycles. The molecule has 1 N–H and O–H groups in total. The van der Waals surface area contributed by atoms with Crippen molar-refractivity contribution in [3.8, 4) is 23.3 Å². The van der Waals surface area contributed by atoms with Gasteiger partial charge in [0.1, 0.15) is 11.5 Å². The van der Waals surface area contributed by atoms with Crippen LogP contribution in [0.25, 0.3) is 0 Å². The Morgan fingerprint density at radius 3 is 1.64 bits per heavy atom. The summed E-state index contributed by atoms with van der Waals surface area (Å²) in [6.45, 7) is 0. The van der Waals surface area contributed by atoms with Gasteiger partial charge in [0.2, 0.25) is 0 Å². The number of hydrogen-bond acceptors (Lipinski definition) is 3. The van der Waals surface area contributed by atoms with E-state index in [1.807, 2.05) is 24.3 Å². The molecule has 22 heavy (non-hydrogen) atoms. The second-order valence-corrected chi connectivity index (χ2v) is 5.16. The van der Waals surface area contributed by atoms with E-state index in [2.05, 4.69) is 27.8 Å². The van der Waals surface area contributed by atoms with Crippen LogP contribution in [-0.2, 0) is 5.60 Å². The van der Waals surface area contributed by atoms with Crippen LogP contribution in [-0.4, -0.2) is 24.7 Å². The van der Waals surface area contributed by atoms with Gasteiger partial charge in [0.15, 0.2) is 5.60 Å². The van der Waals surface area contributed by atoms with Gasteiger partial charge in [-0.3, -0.25) is 0 Å². The van der Waals surface area contributed by atoms with Gasteiger partial charge in [-0.2, -0.15) is 0 Å². The second kappa shape index (κ2) is 7.35. The average molecular weight is 361 g/mol. The van der Waals surface area contributed by atoms with Gasteiger partial charge in [-0.05, 0) is 24.3 Å². The van der Waals surface area contributed by atoms with Crippen LogP contribution in [0.3, 0.4) is 0 Å². The van der Waals surface area contributed by atoms with E-state index in [0.29, 0.717) is 16.5 Å². The Labute approximate surface area is 139 Å². The summed E-state index contributed by atoms with van der Waals surface area (Å²) in [7, 11) is 3.21. The SMILES string of the molecule is COc1ccc(C(O)(C#CCBr)c2ccc(OC)cc2)cc1. The van der Waals surface area contributed by atoms with E-state index in [4.69, 9.17) is 9.47 Å². The number of hydrogen-bond donors (Lipinski definition) is 1. The minimum absolute atomic E-state index is 0.488. The molecule has 0 aliphatic rings. The summed E-state index contributed by atoms with van der Waals surface area (Å²) in [5.41, 5.74) is -0.00871. The van der Waals surface area contributed by atoms with Crippen molar-refractivity contribution >= 4 is 15.9 Å². The lowest BCUT2D eigenvalue weighted by atomic mass is 9.87. The smallest absolute Gasteiger partial charge is 0.176 e. The van der Waals surface area contributed by atoms with E-state index in [1.165, 1.54) is 0 Å². The molecule has 0 atom stereocenters. The van der Waals surface area contributed by atoms with Gasteiger partial charge in [0.05, 0.1) is 19.5 Å². The molecule has 0 fully saturated rings. The molecule has 2 rings (SSSR count). The molecular weight excluding hydrogens is 344 g/mol. The second-order valence-electron chi connectivity index (χ2n) is 4.60. The number of aliphatic hydroxyl groups is 1. The molecule has 0 aliphatic heterocycles. The Hall–Kier alpha value is -1.96. The highest BCUT2D eigenvalue weighted by Gasteiger charge is 2.29. The summed E-state index contributed by atoms with van der Waals surface area (Å²) in [6, 6.07) is 14.5. The molecule has 0 heterocycles. The normalized spacial score (nSPS) is 10.5. The highest BCUT2D eigenvalue weighted by molar-refractivity contribution is 9.09. The lowest BCUT2D eigenvalue weighted by Gasteiger charge is -2.24. The van der Waals surface area contributed by atoms with Crippen LogP contribution in [0.2, 0.25) is 0 Å². The number of ether oxygens (including phenoxy) is 2. The molecule has 0 amide bonds. The predicted molar refractivity (Wildman–Crippen MR) is 90.6 cm³/mol. The van der Waals surface area contributed by atoms with Crippen LogP contribution in [0, 0.1) is 11.8 Å². The zero-order valence-corrected chi connectivity index (χ0v) is 14.1. The largest absolute Gasteiger partial charge is 0.497 e. The number of methoxy groups -OCH3 is 2. The fourth-order valence-electron chi connectivity index (χ4n) is 2.14. The quantitative estimate of drug-likeness (QED) is 0.671. The number of alkyl halides is 1. The van der Waals surface area contributed by atoms with Gasteiger partial charge in [-0.15, -0.1) is 0 Å². The van der Waals surface area contributed by atoms with Crippen molar-refractivity contribution in [3.63, 3.8) is 0 Å². The van der Waals surface area contributed by atoms with Gasteiger partial charge in [0, 0.05) is 11.1 Å². The number of rotatable bonds is 4. The molecule has 0 saturated heterocycles. The first kappa shape index (κ1) is 16.4. The molecule has 3 nitrogen and oxygen atoms in total. The fraction of sp³-hybridized carbons (Fsp3) is 0.222. The summed E-state index contributed by atoms with van der Waals surface area (Å²) >= 11 is 3.27. The van der Waals surface area contributed by atoms with E-state index in [0.717, 1.165) is 11.5 Å². The van der Waals surface area contributed by atoms with Crippen LogP contribution in [0.4, 0.5) is 0 Å². The summed E-state index contributed by atoms with van der Waals surface area (Å²) in [6.07, 6.45) is 0. The van der Waals surface area contributed by atoms with Crippen molar-refractivity contribution in [3.05, 3.63) is 59.7 Å². The number of benzene rings is 2. The third kappa shape index (κ3) is 3.44. The Bertz CT molecular complexity index is 619. The minimum atomic E-state index is -1.38. The van der Waals surface area contributed by atoms with Crippen LogP contribution in [0.15, 0.2) is 48.5 Å². The molecule has 0 radical (unpaired) electrons. The molecule has 0 unspecified atom stereocenters. The van der Waals surface area contributed by atoms with Gasteiger partial charge in [0.25, 0.3) is 0 Å². The van der Waals surface area contributed by atoms with E-state index in [-0.39, 0.29) is 0 Å². The molecule has 0 aromatic heterocycles. The molecule has 2 aromatic rings. The maximum atomic E-state index is 11.1. The van der Waals surface area contributed by atoms with Crippen molar-refractivity contribution in [1.82, 2.24) is 0 Å². The zero-order chi connectivity index (χ0) is 16.0. The Morgan fingerprint density at radius 1 is 0.909 bits per heavy atom. The van der Waals surface area contributed by atoms with Gasteiger partial charge in [-0.25, -0.2) is 0 Å². The third-order valence-corrected chi connectivity index (χ3v) is 3.63. The Kier molecular flexibility index (Phi) is 5.48.